The molecule has 1 aromatic rings. The van der Waals surface area contributed by atoms with E-state index in [9.17, 15) is 5.11 Å². The van der Waals surface area contributed by atoms with Crippen LogP contribution in [0.2, 0.25) is 5.02 Å². The highest BCUT2D eigenvalue weighted by molar-refractivity contribution is 7.99. The van der Waals surface area contributed by atoms with Crippen LogP contribution in [0.5, 0.6) is 5.75 Å². The smallest absolute Gasteiger partial charge is 0.126 e. The summed E-state index contributed by atoms with van der Waals surface area (Å²) in [6.07, 6.45) is 1.21. The normalized spacial score (nSPS) is 15.5. The second kappa shape index (κ2) is 5.98. The van der Waals surface area contributed by atoms with E-state index >= 15 is 0 Å². The van der Waals surface area contributed by atoms with Crippen molar-refractivity contribution in [2.24, 2.45) is 0 Å². The lowest BCUT2D eigenvalue weighted by Crippen LogP contribution is -2.14. The van der Waals surface area contributed by atoms with Crippen LogP contribution in [0.1, 0.15) is 18.1 Å². The van der Waals surface area contributed by atoms with Gasteiger partial charge in [0.05, 0.1) is 12.7 Å². The van der Waals surface area contributed by atoms with Crippen molar-refractivity contribution >= 4 is 23.4 Å². The lowest BCUT2D eigenvalue weighted by molar-refractivity contribution is 0.198. The predicted octanol–water partition coefficient (Wildman–Crippen LogP) is 2.93. The molecule has 2 nitrogen and oxygen atoms in total. The first-order valence-corrected chi connectivity index (χ1v) is 7.44. The minimum absolute atomic E-state index is 0.327. The van der Waals surface area contributed by atoms with Gasteiger partial charge in [0.1, 0.15) is 5.75 Å². The van der Waals surface area contributed by atoms with E-state index in [1.807, 2.05) is 12.1 Å². The van der Waals surface area contributed by atoms with Crippen molar-refractivity contribution < 1.29 is 9.84 Å². The molecule has 1 unspecified atom stereocenters. The standard InChI is InChI=1S/C13H17ClO2S/c1-2-17-8-12(15)7-10-6-11(14)5-9-3-4-16-13(9)10/h5-6,12,15H,2-4,7-8H2,1H3. The summed E-state index contributed by atoms with van der Waals surface area (Å²) >= 11 is 7.82. The number of hydrogen-bond donors (Lipinski definition) is 1. The molecule has 4 heteroatoms. The van der Waals surface area contributed by atoms with Gasteiger partial charge in [-0.15, -0.1) is 0 Å². The van der Waals surface area contributed by atoms with Crippen LogP contribution in [-0.4, -0.2) is 29.3 Å². The van der Waals surface area contributed by atoms with E-state index in [1.54, 1.807) is 11.8 Å². The molecule has 1 aromatic carbocycles. The van der Waals surface area contributed by atoms with E-state index in [0.717, 1.165) is 40.9 Å². The summed E-state index contributed by atoms with van der Waals surface area (Å²) in [5.74, 6) is 2.73. The molecule has 0 saturated heterocycles. The first-order chi connectivity index (χ1) is 8.20. The molecule has 17 heavy (non-hydrogen) atoms. The van der Waals surface area contributed by atoms with Crippen LogP contribution >= 0.6 is 23.4 Å². The average molecular weight is 273 g/mol. The number of aliphatic hydroxyl groups is 1. The van der Waals surface area contributed by atoms with Crippen LogP contribution in [0.15, 0.2) is 12.1 Å². The van der Waals surface area contributed by atoms with Gasteiger partial charge in [-0.2, -0.15) is 11.8 Å². The van der Waals surface area contributed by atoms with Crippen molar-refractivity contribution in [2.45, 2.75) is 25.9 Å². The van der Waals surface area contributed by atoms with Crippen molar-refractivity contribution in [1.29, 1.82) is 0 Å². The van der Waals surface area contributed by atoms with E-state index in [2.05, 4.69) is 6.92 Å². The highest BCUT2D eigenvalue weighted by Crippen LogP contribution is 2.33. The van der Waals surface area contributed by atoms with Gasteiger partial charge in [0.25, 0.3) is 0 Å². The first kappa shape index (κ1) is 13.1. The zero-order chi connectivity index (χ0) is 12.3. The van der Waals surface area contributed by atoms with Crippen LogP contribution in [0.25, 0.3) is 0 Å². The molecule has 0 bridgehead atoms. The Balaban J connectivity index is 2.10. The second-order valence-corrected chi connectivity index (χ2v) is 5.92. The molecule has 2 rings (SSSR count). The van der Waals surface area contributed by atoms with E-state index in [4.69, 9.17) is 16.3 Å². The molecule has 1 aliphatic rings. The molecule has 0 aromatic heterocycles. The molecule has 1 atom stereocenters. The quantitative estimate of drug-likeness (QED) is 0.894. The van der Waals surface area contributed by atoms with Gasteiger partial charge < -0.3 is 9.84 Å². The Hall–Kier alpha value is -0.380. The molecule has 94 valence electrons. The fourth-order valence-corrected chi connectivity index (χ4v) is 2.95. The predicted molar refractivity (Wildman–Crippen MR) is 73.4 cm³/mol. The Morgan fingerprint density at radius 3 is 3.12 bits per heavy atom. The Kier molecular flexibility index (Phi) is 4.60. The van der Waals surface area contributed by atoms with E-state index in [0.29, 0.717) is 6.42 Å². The van der Waals surface area contributed by atoms with Crippen LogP contribution in [-0.2, 0) is 12.8 Å². The van der Waals surface area contributed by atoms with Crippen LogP contribution < -0.4 is 4.74 Å². The number of thioether (sulfide) groups is 1. The fraction of sp³-hybridized carbons (Fsp3) is 0.538. The molecule has 0 spiro atoms. The van der Waals surface area contributed by atoms with Gasteiger partial charge in [-0.05, 0) is 29.0 Å². The topological polar surface area (TPSA) is 29.5 Å². The van der Waals surface area contributed by atoms with Gasteiger partial charge in [0.2, 0.25) is 0 Å². The molecular formula is C13H17ClO2S. The summed E-state index contributed by atoms with van der Waals surface area (Å²) in [5, 5.41) is 10.7. The summed E-state index contributed by atoms with van der Waals surface area (Å²) in [6.45, 7) is 2.82. The molecule has 1 heterocycles. The van der Waals surface area contributed by atoms with E-state index in [-0.39, 0.29) is 6.10 Å². The van der Waals surface area contributed by atoms with Crippen LogP contribution in [0, 0.1) is 0 Å². The number of aliphatic hydroxyl groups excluding tert-OH is 1. The maximum absolute atomic E-state index is 9.94. The Labute approximate surface area is 111 Å². The molecule has 1 aliphatic heterocycles. The number of halogens is 1. The first-order valence-electron chi connectivity index (χ1n) is 5.90. The van der Waals surface area contributed by atoms with Crippen molar-refractivity contribution in [1.82, 2.24) is 0 Å². The molecule has 0 amide bonds. The van der Waals surface area contributed by atoms with Gasteiger partial charge in [-0.1, -0.05) is 18.5 Å². The molecule has 0 saturated carbocycles. The maximum Gasteiger partial charge on any atom is 0.126 e. The minimum Gasteiger partial charge on any atom is -0.493 e. The molecule has 0 fully saturated rings. The third-order valence-corrected chi connectivity index (χ3v) is 4.04. The lowest BCUT2D eigenvalue weighted by atomic mass is 10.0. The third kappa shape index (κ3) is 3.30. The summed E-state index contributed by atoms with van der Waals surface area (Å²) in [7, 11) is 0. The van der Waals surface area contributed by atoms with Crippen molar-refractivity contribution in [2.75, 3.05) is 18.1 Å². The minimum atomic E-state index is -0.327. The molecule has 0 radical (unpaired) electrons. The van der Waals surface area contributed by atoms with Gasteiger partial charge >= 0.3 is 0 Å². The van der Waals surface area contributed by atoms with Crippen LogP contribution in [0.3, 0.4) is 0 Å². The fourth-order valence-electron chi connectivity index (χ4n) is 2.06. The Bertz CT molecular complexity index is 395. The Morgan fingerprint density at radius 2 is 2.35 bits per heavy atom. The third-order valence-electron chi connectivity index (χ3n) is 2.80. The van der Waals surface area contributed by atoms with Gasteiger partial charge in [-0.3, -0.25) is 0 Å². The summed E-state index contributed by atoms with van der Waals surface area (Å²) < 4.78 is 5.61. The number of ether oxygens (including phenoxy) is 1. The highest BCUT2D eigenvalue weighted by Gasteiger charge is 2.19. The van der Waals surface area contributed by atoms with Crippen molar-refractivity contribution in [3.05, 3.63) is 28.3 Å². The molecule has 0 aliphatic carbocycles. The number of fused-ring (bicyclic) bond motifs is 1. The zero-order valence-electron chi connectivity index (χ0n) is 9.91. The summed E-state index contributed by atoms with van der Waals surface area (Å²) in [4.78, 5) is 0. The summed E-state index contributed by atoms with van der Waals surface area (Å²) in [6, 6.07) is 3.87. The van der Waals surface area contributed by atoms with Gasteiger partial charge in [-0.25, -0.2) is 0 Å². The van der Waals surface area contributed by atoms with Gasteiger partial charge in [0, 0.05) is 23.6 Å². The van der Waals surface area contributed by atoms with E-state index in [1.165, 1.54) is 5.56 Å². The second-order valence-electron chi connectivity index (χ2n) is 4.17. The van der Waals surface area contributed by atoms with E-state index < -0.39 is 0 Å². The van der Waals surface area contributed by atoms with Crippen molar-refractivity contribution in [3.8, 4) is 5.75 Å². The largest absolute Gasteiger partial charge is 0.493 e. The summed E-state index contributed by atoms with van der Waals surface area (Å²) in [5.41, 5.74) is 2.21. The van der Waals surface area contributed by atoms with Crippen LogP contribution in [0.4, 0.5) is 0 Å². The Morgan fingerprint density at radius 1 is 1.53 bits per heavy atom. The average Bonchev–Trinajstić information content (AvgIpc) is 2.74. The lowest BCUT2D eigenvalue weighted by Gasteiger charge is -2.13. The zero-order valence-corrected chi connectivity index (χ0v) is 11.5. The van der Waals surface area contributed by atoms with Gasteiger partial charge in [0.15, 0.2) is 0 Å². The number of benzene rings is 1. The number of hydrogen-bond acceptors (Lipinski definition) is 3. The molecular weight excluding hydrogens is 256 g/mol. The maximum atomic E-state index is 9.94. The SMILES string of the molecule is CCSCC(O)Cc1cc(Cl)cc2c1OCC2. The van der Waals surface area contributed by atoms with Crippen molar-refractivity contribution in [3.63, 3.8) is 0 Å². The molecule has 1 N–H and O–H groups in total. The number of rotatable bonds is 5. The highest BCUT2D eigenvalue weighted by atomic mass is 35.5. The monoisotopic (exact) mass is 272 g/mol.